The Bertz CT molecular complexity index is 430. The van der Waals surface area contributed by atoms with Gasteiger partial charge in [0, 0.05) is 0 Å². The zero-order chi connectivity index (χ0) is 13.9. The number of aryl methyl sites for hydroxylation is 1. The zero-order valence-corrected chi connectivity index (χ0v) is 11.4. The van der Waals surface area contributed by atoms with Crippen LogP contribution in [0.4, 0.5) is 0 Å². The Balaban J connectivity index is 3.14. The molecule has 2 unspecified atom stereocenters. The normalized spacial score (nSPS) is 14.6. The van der Waals surface area contributed by atoms with Crippen molar-refractivity contribution in [3.05, 3.63) is 34.9 Å². The summed E-state index contributed by atoms with van der Waals surface area (Å²) >= 11 is 0. The van der Waals surface area contributed by atoms with Gasteiger partial charge in [-0.3, -0.25) is 4.79 Å². The summed E-state index contributed by atoms with van der Waals surface area (Å²) < 4.78 is 0. The van der Waals surface area contributed by atoms with Crippen LogP contribution in [0.15, 0.2) is 18.2 Å². The van der Waals surface area contributed by atoms with Gasteiger partial charge in [-0.05, 0) is 36.6 Å². The highest BCUT2D eigenvalue weighted by atomic mass is 16.4. The molecule has 4 heteroatoms. The summed E-state index contributed by atoms with van der Waals surface area (Å²) in [6, 6.07) is 4.75. The number of carboxylic acid groups (broad SMARTS) is 1. The first-order valence-electron chi connectivity index (χ1n) is 6.14. The third kappa shape index (κ3) is 3.09. The van der Waals surface area contributed by atoms with Crippen LogP contribution in [0.5, 0.6) is 0 Å². The van der Waals surface area contributed by atoms with Crippen molar-refractivity contribution in [3.8, 4) is 0 Å². The number of hydrogen-bond donors (Lipinski definition) is 3. The minimum absolute atomic E-state index is 0.398. The topological polar surface area (TPSA) is 75.3 Å². The smallest absolute Gasteiger partial charge is 0.322 e. The van der Waals surface area contributed by atoms with Crippen LogP contribution in [-0.2, 0) is 4.79 Å². The summed E-state index contributed by atoms with van der Waals surface area (Å²) in [5.41, 5.74) is 9.16. The summed E-state index contributed by atoms with van der Waals surface area (Å²) in [7, 11) is 1.61. The van der Waals surface area contributed by atoms with E-state index in [9.17, 15) is 4.79 Å². The van der Waals surface area contributed by atoms with E-state index in [0.29, 0.717) is 5.92 Å². The molecule has 1 rings (SSSR count). The third-order valence-corrected chi connectivity index (χ3v) is 3.27. The van der Waals surface area contributed by atoms with E-state index in [-0.39, 0.29) is 0 Å². The Morgan fingerprint density at radius 1 is 1.39 bits per heavy atom. The number of nitrogens with two attached hydrogens (primary N) is 1. The van der Waals surface area contributed by atoms with E-state index in [0.717, 1.165) is 11.1 Å². The van der Waals surface area contributed by atoms with Crippen molar-refractivity contribution in [2.24, 2.45) is 5.73 Å². The lowest BCUT2D eigenvalue weighted by Crippen LogP contribution is -2.43. The molecule has 100 valence electrons. The predicted molar refractivity (Wildman–Crippen MR) is 72.7 cm³/mol. The van der Waals surface area contributed by atoms with Crippen molar-refractivity contribution < 1.29 is 9.90 Å². The average Bonchev–Trinajstić information content (AvgIpc) is 2.29. The van der Waals surface area contributed by atoms with Crippen molar-refractivity contribution >= 4 is 5.97 Å². The SMILES string of the molecule is CNC(C(=O)O)C(N)c1cc(C(C)C)ccc1C. The van der Waals surface area contributed by atoms with E-state index < -0.39 is 18.1 Å². The number of carbonyl (C=O) groups is 1. The quantitative estimate of drug-likeness (QED) is 0.744. The van der Waals surface area contributed by atoms with Crippen LogP contribution < -0.4 is 11.1 Å². The monoisotopic (exact) mass is 250 g/mol. The number of nitrogens with one attached hydrogen (secondary N) is 1. The molecule has 0 saturated heterocycles. The molecular weight excluding hydrogens is 228 g/mol. The largest absolute Gasteiger partial charge is 0.480 e. The highest BCUT2D eigenvalue weighted by Gasteiger charge is 2.26. The lowest BCUT2D eigenvalue weighted by Gasteiger charge is -2.22. The number of benzene rings is 1. The molecule has 0 amide bonds. The molecule has 0 aliphatic carbocycles. The predicted octanol–water partition coefficient (Wildman–Crippen LogP) is 1.79. The van der Waals surface area contributed by atoms with Crippen molar-refractivity contribution in [2.45, 2.75) is 38.8 Å². The molecule has 0 aliphatic rings. The molecule has 0 spiro atoms. The maximum Gasteiger partial charge on any atom is 0.322 e. The summed E-state index contributed by atoms with van der Waals surface area (Å²) in [6.45, 7) is 6.16. The van der Waals surface area contributed by atoms with E-state index in [1.54, 1.807) is 7.05 Å². The second-order valence-corrected chi connectivity index (χ2v) is 4.90. The number of hydrogen-bond acceptors (Lipinski definition) is 3. The van der Waals surface area contributed by atoms with Crippen LogP contribution in [-0.4, -0.2) is 24.2 Å². The van der Waals surface area contributed by atoms with E-state index in [1.165, 1.54) is 5.56 Å². The molecule has 1 aromatic carbocycles. The Labute approximate surface area is 108 Å². The molecule has 4 nitrogen and oxygen atoms in total. The summed E-state index contributed by atoms with van der Waals surface area (Å²) in [6.07, 6.45) is 0. The minimum atomic E-state index is -0.931. The maximum atomic E-state index is 11.1. The minimum Gasteiger partial charge on any atom is -0.480 e. The van der Waals surface area contributed by atoms with Crippen LogP contribution in [0.1, 0.15) is 42.5 Å². The highest BCUT2D eigenvalue weighted by Crippen LogP contribution is 2.24. The van der Waals surface area contributed by atoms with Gasteiger partial charge in [-0.1, -0.05) is 32.0 Å². The molecule has 2 atom stereocenters. The molecule has 1 aromatic rings. The van der Waals surface area contributed by atoms with Gasteiger partial charge in [0.15, 0.2) is 0 Å². The maximum absolute atomic E-state index is 11.1. The van der Waals surface area contributed by atoms with Crippen LogP contribution >= 0.6 is 0 Å². The first-order valence-corrected chi connectivity index (χ1v) is 6.14. The third-order valence-electron chi connectivity index (χ3n) is 3.27. The van der Waals surface area contributed by atoms with Gasteiger partial charge >= 0.3 is 5.97 Å². The van der Waals surface area contributed by atoms with E-state index in [4.69, 9.17) is 10.8 Å². The number of carboxylic acids is 1. The van der Waals surface area contributed by atoms with E-state index >= 15 is 0 Å². The molecule has 0 aliphatic heterocycles. The van der Waals surface area contributed by atoms with Crippen LogP contribution in [0.3, 0.4) is 0 Å². The van der Waals surface area contributed by atoms with Gasteiger partial charge in [-0.2, -0.15) is 0 Å². The lowest BCUT2D eigenvalue weighted by molar-refractivity contribution is -0.139. The van der Waals surface area contributed by atoms with Gasteiger partial charge in [-0.15, -0.1) is 0 Å². The van der Waals surface area contributed by atoms with Crippen molar-refractivity contribution in [2.75, 3.05) is 7.05 Å². The van der Waals surface area contributed by atoms with Crippen LogP contribution in [0, 0.1) is 6.92 Å². The van der Waals surface area contributed by atoms with Gasteiger partial charge in [0.2, 0.25) is 0 Å². The zero-order valence-electron chi connectivity index (χ0n) is 11.4. The molecule has 0 bridgehead atoms. The molecule has 0 radical (unpaired) electrons. The lowest BCUT2D eigenvalue weighted by atomic mass is 9.91. The standard InChI is InChI=1S/C14H22N2O2/c1-8(2)10-6-5-9(3)11(7-10)12(15)13(16-4)14(17)18/h5-8,12-13,16H,15H2,1-4H3,(H,17,18). The molecule has 0 saturated carbocycles. The molecule has 4 N–H and O–H groups in total. The molecule has 0 fully saturated rings. The number of rotatable bonds is 5. The fourth-order valence-corrected chi connectivity index (χ4v) is 2.01. The molecule has 0 heterocycles. The Morgan fingerprint density at radius 2 is 2.00 bits per heavy atom. The second-order valence-electron chi connectivity index (χ2n) is 4.90. The first-order chi connectivity index (χ1) is 8.38. The van der Waals surface area contributed by atoms with Gasteiger partial charge in [0.05, 0.1) is 6.04 Å². The van der Waals surface area contributed by atoms with Gasteiger partial charge in [0.25, 0.3) is 0 Å². The van der Waals surface area contributed by atoms with Crippen LogP contribution in [0.2, 0.25) is 0 Å². The first kappa shape index (κ1) is 14.7. The van der Waals surface area contributed by atoms with Crippen molar-refractivity contribution in [1.82, 2.24) is 5.32 Å². The fraction of sp³-hybridized carbons (Fsp3) is 0.500. The average molecular weight is 250 g/mol. The Kier molecular flexibility index (Phi) is 4.87. The van der Waals surface area contributed by atoms with Gasteiger partial charge < -0.3 is 16.2 Å². The summed E-state index contributed by atoms with van der Waals surface area (Å²) in [5.74, 6) is -0.534. The number of likely N-dealkylation sites (N-methyl/N-ethyl adjacent to an activating group) is 1. The number of aliphatic carboxylic acids is 1. The molecular formula is C14H22N2O2. The highest BCUT2D eigenvalue weighted by molar-refractivity contribution is 5.75. The van der Waals surface area contributed by atoms with E-state index in [2.05, 4.69) is 25.2 Å². The molecule has 0 aromatic heterocycles. The van der Waals surface area contributed by atoms with Crippen molar-refractivity contribution in [3.63, 3.8) is 0 Å². The second kappa shape index (κ2) is 5.98. The van der Waals surface area contributed by atoms with Gasteiger partial charge in [-0.25, -0.2) is 0 Å². The van der Waals surface area contributed by atoms with Crippen molar-refractivity contribution in [1.29, 1.82) is 0 Å². The Morgan fingerprint density at radius 3 is 2.44 bits per heavy atom. The summed E-state index contributed by atoms with van der Waals surface area (Å²) in [5, 5.41) is 11.9. The van der Waals surface area contributed by atoms with Gasteiger partial charge in [0.1, 0.15) is 6.04 Å². The fourth-order valence-electron chi connectivity index (χ4n) is 2.01. The summed E-state index contributed by atoms with van der Waals surface area (Å²) in [4.78, 5) is 11.1. The molecule has 18 heavy (non-hydrogen) atoms. The van der Waals surface area contributed by atoms with E-state index in [1.807, 2.05) is 19.1 Å². The van der Waals surface area contributed by atoms with Crippen LogP contribution in [0.25, 0.3) is 0 Å². The Hall–Kier alpha value is -1.39.